The Hall–Kier alpha value is -2.44. The van der Waals surface area contributed by atoms with Gasteiger partial charge >= 0.3 is 0 Å². The van der Waals surface area contributed by atoms with E-state index in [9.17, 15) is 0 Å². The van der Waals surface area contributed by atoms with Crippen molar-refractivity contribution in [2.45, 2.75) is 51.0 Å². The SMILES string of the molecule is CC(C)(C)c1ccc(NC(=S)ON2CCC3(CC2)CC(c2ccccc2)=NO3)cc1. The van der Waals surface area contributed by atoms with Gasteiger partial charge in [0.15, 0.2) is 0 Å². The van der Waals surface area contributed by atoms with Crippen LogP contribution in [0.25, 0.3) is 0 Å². The summed E-state index contributed by atoms with van der Waals surface area (Å²) in [5.74, 6) is 0. The molecular formula is C24H29N3O2S. The van der Waals surface area contributed by atoms with Gasteiger partial charge in [-0.15, -0.1) is 5.06 Å². The van der Waals surface area contributed by atoms with Gasteiger partial charge in [0, 0.05) is 38.0 Å². The fraction of sp³-hybridized carbons (Fsp3) is 0.417. The van der Waals surface area contributed by atoms with Gasteiger partial charge in [-0.25, -0.2) is 0 Å². The molecule has 0 aromatic heterocycles. The molecule has 0 atom stereocenters. The predicted molar refractivity (Wildman–Crippen MR) is 125 cm³/mol. The summed E-state index contributed by atoms with van der Waals surface area (Å²) in [5, 5.41) is 9.81. The summed E-state index contributed by atoms with van der Waals surface area (Å²) in [6, 6.07) is 18.6. The van der Waals surface area contributed by atoms with Gasteiger partial charge in [-0.1, -0.05) is 68.4 Å². The van der Waals surface area contributed by atoms with Crippen LogP contribution in [-0.2, 0) is 15.1 Å². The lowest BCUT2D eigenvalue weighted by Crippen LogP contribution is -2.45. The molecule has 4 rings (SSSR count). The summed E-state index contributed by atoms with van der Waals surface area (Å²) in [6.07, 6.45) is 2.55. The lowest BCUT2D eigenvalue weighted by atomic mass is 9.86. The van der Waals surface area contributed by atoms with Crippen molar-refractivity contribution < 1.29 is 9.68 Å². The zero-order valence-corrected chi connectivity index (χ0v) is 18.7. The average molecular weight is 424 g/mol. The van der Waals surface area contributed by atoms with Crippen molar-refractivity contribution in [3.63, 3.8) is 0 Å². The topological polar surface area (TPSA) is 46.1 Å². The van der Waals surface area contributed by atoms with E-state index in [1.54, 1.807) is 0 Å². The molecule has 6 heteroatoms. The molecule has 0 saturated carbocycles. The lowest BCUT2D eigenvalue weighted by Gasteiger charge is -2.36. The Morgan fingerprint density at radius 2 is 1.73 bits per heavy atom. The van der Waals surface area contributed by atoms with E-state index in [-0.39, 0.29) is 11.0 Å². The van der Waals surface area contributed by atoms with Gasteiger partial charge in [0.2, 0.25) is 0 Å². The maximum atomic E-state index is 5.89. The number of oxime groups is 1. The first kappa shape index (κ1) is 20.8. The molecule has 1 N–H and O–H groups in total. The number of hydrogen-bond donors (Lipinski definition) is 1. The number of nitrogens with one attached hydrogen (secondary N) is 1. The predicted octanol–water partition coefficient (Wildman–Crippen LogP) is 5.27. The Bertz CT molecular complexity index is 912. The van der Waals surface area contributed by atoms with E-state index < -0.39 is 0 Å². The molecule has 0 bridgehead atoms. The standard InChI is InChI=1S/C24H29N3O2S/c1-23(2,3)19-9-11-20(12-10-19)25-22(30)28-27-15-13-24(14-16-27)17-21(26-29-24)18-7-5-4-6-8-18/h4-12H,13-17H2,1-3H3,(H,25,30). The molecule has 0 unspecified atom stereocenters. The maximum Gasteiger partial charge on any atom is 0.283 e. The summed E-state index contributed by atoms with van der Waals surface area (Å²) in [6.45, 7) is 8.11. The minimum atomic E-state index is -0.219. The highest BCUT2D eigenvalue weighted by Gasteiger charge is 2.43. The van der Waals surface area contributed by atoms with Crippen molar-refractivity contribution in [2.75, 3.05) is 18.4 Å². The third-order valence-electron chi connectivity index (χ3n) is 5.79. The minimum absolute atomic E-state index is 0.131. The summed E-state index contributed by atoms with van der Waals surface area (Å²) < 4.78 is 0. The number of nitrogens with zero attached hydrogens (tertiary/aromatic N) is 2. The molecule has 0 amide bonds. The van der Waals surface area contributed by atoms with Crippen LogP contribution < -0.4 is 5.32 Å². The van der Waals surface area contributed by atoms with Gasteiger partial charge in [0.25, 0.3) is 5.17 Å². The molecule has 5 nitrogen and oxygen atoms in total. The van der Waals surface area contributed by atoms with E-state index in [1.165, 1.54) is 5.56 Å². The van der Waals surface area contributed by atoms with Crippen LogP contribution in [0.5, 0.6) is 0 Å². The van der Waals surface area contributed by atoms with E-state index >= 15 is 0 Å². The highest BCUT2D eigenvalue weighted by atomic mass is 32.1. The maximum absolute atomic E-state index is 5.89. The number of hydrogen-bond acceptors (Lipinski definition) is 5. The van der Waals surface area contributed by atoms with Crippen molar-refractivity contribution >= 4 is 28.8 Å². The van der Waals surface area contributed by atoms with Crippen molar-refractivity contribution in [1.29, 1.82) is 0 Å². The summed E-state index contributed by atoms with van der Waals surface area (Å²) in [7, 11) is 0. The molecule has 2 aliphatic rings. The number of anilines is 1. The van der Waals surface area contributed by atoms with E-state index in [0.717, 1.165) is 49.3 Å². The van der Waals surface area contributed by atoms with Gasteiger partial charge in [0.05, 0.1) is 5.71 Å². The third-order valence-corrected chi connectivity index (χ3v) is 5.97. The minimum Gasteiger partial charge on any atom is -0.388 e. The summed E-state index contributed by atoms with van der Waals surface area (Å²) in [4.78, 5) is 11.8. The molecular weight excluding hydrogens is 394 g/mol. The number of rotatable bonds is 3. The average Bonchev–Trinajstić information content (AvgIpc) is 3.14. The summed E-state index contributed by atoms with van der Waals surface area (Å²) >= 11 is 5.40. The highest BCUT2D eigenvalue weighted by molar-refractivity contribution is 7.80. The Morgan fingerprint density at radius 3 is 2.37 bits per heavy atom. The van der Waals surface area contributed by atoms with Crippen molar-refractivity contribution in [1.82, 2.24) is 5.06 Å². The Balaban J connectivity index is 1.26. The van der Waals surface area contributed by atoms with Crippen LogP contribution in [0.15, 0.2) is 59.8 Å². The van der Waals surface area contributed by atoms with Gasteiger partial charge < -0.3 is 15.0 Å². The van der Waals surface area contributed by atoms with Crippen LogP contribution in [-0.4, -0.2) is 34.6 Å². The molecule has 30 heavy (non-hydrogen) atoms. The van der Waals surface area contributed by atoms with Crippen molar-refractivity contribution in [2.24, 2.45) is 5.16 Å². The summed E-state index contributed by atoms with van der Waals surface area (Å²) in [5.41, 5.74) is 4.29. The Morgan fingerprint density at radius 1 is 1.07 bits per heavy atom. The number of thiocarbonyl (C=S) groups is 1. The zero-order valence-electron chi connectivity index (χ0n) is 17.9. The second kappa shape index (κ2) is 8.36. The van der Waals surface area contributed by atoms with E-state index in [4.69, 9.17) is 21.9 Å². The molecule has 2 aromatic carbocycles. The molecule has 1 fully saturated rings. The first-order valence-electron chi connectivity index (χ1n) is 10.5. The second-order valence-corrected chi connectivity index (χ2v) is 9.49. The third kappa shape index (κ3) is 4.82. The van der Waals surface area contributed by atoms with Crippen LogP contribution in [0.2, 0.25) is 0 Å². The fourth-order valence-electron chi connectivity index (χ4n) is 3.87. The lowest BCUT2D eigenvalue weighted by molar-refractivity contribution is -0.143. The van der Waals surface area contributed by atoms with Gasteiger partial charge in [-0.2, -0.15) is 0 Å². The number of benzene rings is 2. The largest absolute Gasteiger partial charge is 0.388 e. The normalized spacial score (nSPS) is 18.6. The van der Waals surface area contributed by atoms with E-state index in [0.29, 0.717) is 5.17 Å². The molecule has 1 saturated heterocycles. The molecule has 158 valence electrons. The van der Waals surface area contributed by atoms with Crippen LogP contribution in [0.3, 0.4) is 0 Å². The van der Waals surface area contributed by atoms with Gasteiger partial charge in [-0.3, -0.25) is 0 Å². The smallest absolute Gasteiger partial charge is 0.283 e. The van der Waals surface area contributed by atoms with Crippen molar-refractivity contribution in [3.05, 3.63) is 65.7 Å². The molecule has 1 spiro atoms. The first-order valence-corrected chi connectivity index (χ1v) is 10.9. The van der Waals surface area contributed by atoms with Gasteiger partial charge in [0.1, 0.15) is 5.60 Å². The van der Waals surface area contributed by atoms with Crippen molar-refractivity contribution in [3.8, 4) is 0 Å². The molecule has 2 heterocycles. The molecule has 0 radical (unpaired) electrons. The molecule has 2 aromatic rings. The monoisotopic (exact) mass is 423 g/mol. The molecule has 0 aliphatic carbocycles. The molecule has 2 aliphatic heterocycles. The van der Waals surface area contributed by atoms with E-state index in [1.807, 2.05) is 35.4 Å². The second-order valence-electron chi connectivity index (χ2n) is 9.12. The van der Waals surface area contributed by atoms with Crippen LogP contribution in [0, 0.1) is 0 Å². The van der Waals surface area contributed by atoms with Crippen LogP contribution in [0.1, 0.15) is 51.2 Å². The van der Waals surface area contributed by atoms with Crippen LogP contribution >= 0.6 is 12.2 Å². The van der Waals surface area contributed by atoms with Gasteiger partial charge in [-0.05, 0) is 40.9 Å². The highest BCUT2D eigenvalue weighted by Crippen LogP contribution is 2.36. The quantitative estimate of drug-likeness (QED) is 0.681. The number of piperidine rings is 1. The van der Waals surface area contributed by atoms with Crippen LogP contribution in [0.4, 0.5) is 5.69 Å². The first-order chi connectivity index (χ1) is 14.3. The Kier molecular flexibility index (Phi) is 5.80. The van der Waals surface area contributed by atoms with E-state index in [2.05, 4.69) is 55.5 Å². The zero-order chi connectivity index (χ0) is 21.2. The fourth-order valence-corrected chi connectivity index (χ4v) is 4.09. The Labute approximate surface area is 184 Å². The number of hydroxylamine groups is 2.